The Hall–Kier alpha value is -4.90. The SMILES string of the molecule is Cc1ccc2c(c1)c1ccc(-n3c4ccc(C(C)C)cc4c4cccnc43)cc1n2-c1cc(C2=N[C@H](C(C)(C)C)C(C)(C)N2C2CCCCC2)c(C)cc1C. The number of benzene rings is 4. The molecular formula is C50H57N5. The Morgan fingerprint density at radius 3 is 2.18 bits per heavy atom. The molecule has 1 saturated carbocycles. The van der Waals surface area contributed by atoms with Crippen LogP contribution in [0, 0.1) is 26.2 Å². The van der Waals surface area contributed by atoms with Crippen LogP contribution in [0.25, 0.3) is 55.1 Å². The van der Waals surface area contributed by atoms with Crippen LogP contribution in [0.1, 0.15) is 114 Å². The van der Waals surface area contributed by atoms with Gasteiger partial charge in [0.25, 0.3) is 0 Å². The van der Waals surface area contributed by atoms with Crippen LogP contribution >= 0.6 is 0 Å². The van der Waals surface area contributed by atoms with Crippen molar-refractivity contribution in [3.05, 3.63) is 113 Å². The van der Waals surface area contributed by atoms with Crippen LogP contribution < -0.4 is 0 Å². The summed E-state index contributed by atoms with van der Waals surface area (Å²) < 4.78 is 4.88. The zero-order valence-corrected chi connectivity index (χ0v) is 34.6. The molecule has 1 aliphatic carbocycles. The first-order valence-corrected chi connectivity index (χ1v) is 20.7. The zero-order chi connectivity index (χ0) is 38.6. The van der Waals surface area contributed by atoms with Gasteiger partial charge in [-0.2, -0.15) is 0 Å². The summed E-state index contributed by atoms with van der Waals surface area (Å²) in [5, 5.41) is 4.98. The van der Waals surface area contributed by atoms with Gasteiger partial charge in [-0.3, -0.25) is 9.56 Å². The molecule has 7 aromatic rings. The maximum absolute atomic E-state index is 5.73. The molecule has 0 spiro atoms. The van der Waals surface area contributed by atoms with Gasteiger partial charge in [-0.25, -0.2) is 4.98 Å². The summed E-state index contributed by atoms with van der Waals surface area (Å²) in [4.78, 5) is 13.5. The Labute approximate surface area is 327 Å². The van der Waals surface area contributed by atoms with E-state index < -0.39 is 0 Å². The number of aliphatic imine (C=N–C) groups is 1. The molecule has 1 fully saturated rings. The molecule has 4 heterocycles. The van der Waals surface area contributed by atoms with Gasteiger partial charge in [0.15, 0.2) is 0 Å². The Bertz CT molecular complexity index is 2670. The molecule has 1 aliphatic heterocycles. The first-order valence-electron chi connectivity index (χ1n) is 20.7. The van der Waals surface area contributed by atoms with Crippen LogP contribution in [0.2, 0.25) is 0 Å². The third-order valence-corrected chi connectivity index (χ3v) is 12.9. The Balaban J connectivity index is 1.29. The standard InChI is InChI=1S/C50H57N5/c1-30(2)34-19-23-42-41(27-34)38-17-14-24-51-46(38)53(42)36-20-21-37-40-25-31(3)18-22-43(40)54(45(37)28-36)44-29-39(32(4)26-33(44)5)47-52-48(49(6,7)8)50(9,10)55(47)35-15-12-11-13-16-35/h14,17-30,35,48H,11-13,15-16H2,1-10H3/t48-/m1/s1. The number of aromatic nitrogens is 3. The lowest BCUT2D eigenvalue weighted by molar-refractivity contribution is 0.0894. The summed E-state index contributed by atoms with van der Waals surface area (Å²) >= 11 is 0. The van der Waals surface area contributed by atoms with E-state index in [0.717, 1.165) is 11.3 Å². The molecule has 0 N–H and O–H groups in total. The van der Waals surface area contributed by atoms with E-state index in [2.05, 4.69) is 162 Å². The molecule has 0 unspecified atom stereocenters. The van der Waals surface area contributed by atoms with Gasteiger partial charge >= 0.3 is 0 Å². The molecule has 5 heteroatoms. The molecular weight excluding hydrogens is 671 g/mol. The zero-order valence-electron chi connectivity index (χ0n) is 34.6. The normalized spacial score (nSPS) is 18.1. The smallest absolute Gasteiger partial charge is 0.145 e. The maximum atomic E-state index is 5.73. The summed E-state index contributed by atoms with van der Waals surface area (Å²) in [6.45, 7) is 23.3. The molecule has 1 atom stereocenters. The largest absolute Gasteiger partial charge is 0.346 e. The third kappa shape index (κ3) is 5.63. The van der Waals surface area contributed by atoms with Crippen LogP contribution in [0.4, 0.5) is 0 Å². The van der Waals surface area contributed by atoms with E-state index in [1.54, 1.807) is 0 Å². The number of fused-ring (bicyclic) bond motifs is 6. The average Bonchev–Trinajstić information content (AvgIpc) is 3.75. The number of hydrogen-bond donors (Lipinski definition) is 0. The van der Waals surface area contributed by atoms with Crippen molar-refractivity contribution in [1.29, 1.82) is 0 Å². The van der Waals surface area contributed by atoms with E-state index >= 15 is 0 Å². The Kier molecular flexibility index (Phi) is 8.35. The molecule has 2 aliphatic rings. The van der Waals surface area contributed by atoms with Crippen molar-refractivity contribution < 1.29 is 0 Å². The second-order valence-corrected chi connectivity index (χ2v) is 18.7. The Morgan fingerprint density at radius 2 is 1.44 bits per heavy atom. The van der Waals surface area contributed by atoms with Gasteiger partial charge < -0.3 is 9.47 Å². The van der Waals surface area contributed by atoms with Crippen molar-refractivity contribution in [3.63, 3.8) is 0 Å². The van der Waals surface area contributed by atoms with E-state index in [1.807, 2.05) is 6.20 Å². The number of hydrogen-bond acceptors (Lipinski definition) is 3. The number of amidine groups is 1. The van der Waals surface area contributed by atoms with Gasteiger partial charge in [-0.15, -0.1) is 0 Å². The van der Waals surface area contributed by atoms with E-state index in [4.69, 9.17) is 9.98 Å². The monoisotopic (exact) mass is 727 g/mol. The fourth-order valence-corrected chi connectivity index (χ4v) is 10.5. The summed E-state index contributed by atoms with van der Waals surface area (Å²) in [6.07, 6.45) is 8.33. The lowest BCUT2D eigenvalue weighted by atomic mass is 9.75. The highest BCUT2D eigenvalue weighted by atomic mass is 15.3. The number of aryl methyl sites for hydroxylation is 3. The molecule has 9 rings (SSSR count). The lowest BCUT2D eigenvalue weighted by Gasteiger charge is -2.47. The second kappa shape index (κ2) is 12.8. The number of nitrogens with zero attached hydrogens (tertiary/aromatic N) is 5. The molecule has 55 heavy (non-hydrogen) atoms. The average molecular weight is 728 g/mol. The van der Waals surface area contributed by atoms with Crippen molar-refractivity contribution in [2.45, 2.75) is 125 Å². The molecule has 3 aromatic heterocycles. The Morgan fingerprint density at radius 1 is 0.709 bits per heavy atom. The minimum absolute atomic E-state index is 0.0404. The van der Waals surface area contributed by atoms with Gasteiger partial charge in [0, 0.05) is 50.7 Å². The molecule has 0 radical (unpaired) electrons. The minimum atomic E-state index is -0.0847. The molecule has 5 nitrogen and oxygen atoms in total. The molecule has 0 bridgehead atoms. The van der Waals surface area contributed by atoms with Gasteiger partial charge in [0.1, 0.15) is 11.5 Å². The summed E-state index contributed by atoms with van der Waals surface area (Å²) in [6, 6.07) is 30.7. The molecule has 0 amide bonds. The lowest BCUT2D eigenvalue weighted by Crippen LogP contribution is -2.56. The topological polar surface area (TPSA) is 38.4 Å². The van der Waals surface area contributed by atoms with E-state index in [0.29, 0.717) is 12.0 Å². The highest BCUT2D eigenvalue weighted by molar-refractivity contribution is 6.12. The van der Waals surface area contributed by atoms with Crippen molar-refractivity contribution >= 4 is 49.6 Å². The fraction of sp³-hybridized carbons (Fsp3) is 0.400. The highest BCUT2D eigenvalue weighted by Gasteiger charge is 2.51. The fourth-order valence-electron chi connectivity index (χ4n) is 10.5. The minimum Gasteiger partial charge on any atom is -0.346 e. The predicted molar refractivity (Wildman–Crippen MR) is 234 cm³/mol. The van der Waals surface area contributed by atoms with Crippen LogP contribution in [-0.4, -0.2) is 42.5 Å². The van der Waals surface area contributed by atoms with Crippen LogP contribution in [0.3, 0.4) is 0 Å². The van der Waals surface area contributed by atoms with Crippen LogP contribution in [-0.2, 0) is 0 Å². The van der Waals surface area contributed by atoms with E-state index in [-0.39, 0.29) is 17.0 Å². The quantitative estimate of drug-likeness (QED) is 0.177. The van der Waals surface area contributed by atoms with Crippen molar-refractivity contribution in [1.82, 2.24) is 19.0 Å². The van der Waals surface area contributed by atoms with Crippen molar-refractivity contribution in [2.75, 3.05) is 0 Å². The summed E-state index contributed by atoms with van der Waals surface area (Å²) in [5.41, 5.74) is 13.3. The predicted octanol–water partition coefficient (Wildman–Crippen LogP) is 12.9. The second-order valence-electron chi connectivity index (χ2n) is 18.7. The van der Waals surface area contributed by atoms with Gasteiger partial charge in [0.05, 0.1) is 28.1 Å². The summed E-state index contributed by atoms with van der Waals surface area (Å²) in [5.74, 6) is 1.64. The third-order valence-electron chi connectivity index (χ3n) is 12.9. The molecule has 4 aromatic carbocycles. The molecule has 282 valence electrons. The van der Waals surface area contributed by atoms with Crippen molar-refractivity contribution in [2.24, 2.45) is 10.4 Å². The molecule has 0 saturated heterocycles. The maximum Gasteiger partial charge on any atom is 0.145 e. The number of pyridine rings is 1. The van der Waals surface area contributed by atoms with Crippen LogP contribution in [0.5, 0.6) is 0 Å². The first-order chi connectivity index (χ1) is 26.2. The van der Waals surface area contributed by atoms with Crippen molar-refractivity contribution in [3.8, 4) is 11.4 Å². The van der Waals surface area contributed by atoms with Gasteiger partial charge in [0.2, 0.25) is 0 Å². The van der Waals surface area contributed by atoms with Gasteiger partial charge in [-0.05, 0) is 130 Å². The summed E-state index contributed by atoms with van der Waals surface area (Å²) in [7, 11) is 0. The van der Waals surface area contributed by atoms with Gasteiger partial charge in [-0.1, -0.05) is 83.7 Å². The number of rotatable bonds is 5. The highest BCUT2D eigenvalue weighted by Crippen LogP contribution is 2.45. The van der Waals surface area contributed by atoms with E-state index in [9.17, 15) is 0 Å². The first kappa shape index (κ1) is 35.8. The van der Waals surface area contributed by atoms with E-state index in [1.165, 1.54) is 110 Å². The van der Waals surface area contributed by atoms with Crippen LogP contribution in [0.15, 0.2) is 90.1 Å².